The van der Waals surface area contributed by atoms with Gasteiger partial charge in [0.2, 0.25) is 16.9 Å². The number of primary amides is 1. The number of nitrogens with one attached hydrogen (secondary N) is 1. The fourth-order valence-electron chi connectivity index (χ4n) is 3.86. The van der Waals surface area contributed by atoms with Crippen LogP contribution in [0, 0.1) is 0 Å². The third kappa shape index (κ3) is 4.95. The van der Waals surface area contributed by atoms with E-state index in [0.717, 1.165) is 16.3 Å². The quantitative estimate of drug-likeness (QED) is 0.506. The van der Waals surface area contributed by atoms with Gasteiger partial charge in [-0.3, -0.25) is 14.4 Å². The molecule has 1 fully saturated rings. The van der Waals surface area contributed by atoms with E-state index in [2.05, 4.69) is 5.32 Å². The standard InChI is InChI=1S/C23H24N4O6S/c24-23(30)19-8-9-22(33-19)34(31,32)27-12-10-26(11-13-27)21(29)15-25-20(28)14-17-6-3-5-16-4-1-2-7-18(16)17/h1-9H,10-15H2,(H2,24,30)(H,25,28). The third-order valence-corrected chi connectivity index (χ3v) is 7.45. The Morgan fingerprint density at radius 2 is 1.65 bits per heavy atom. The number of carbonyl (C=O) groups is 3. The largest absolute Gasteiger partial charge is 0.438 e. The molecule has 178 valence electrons. The lowest BCUT2D eigenvalue weighted by Gasteiger charge is -2.33. The summed E-state index contributed by atoms with van der Waals surface area (Å²) in [6.45, 7) is 0.285. The van der Waals surface area contributed by atoms with Gasteiger partial charge in [-0.2, -0.15) is 4.31 Å². The van der Waals surface area contributed by atoms with Crippen LogP contribution in [0.4, 0.5) is 0 Å². The Labute approximate surface area is 196 Å². The van der Waals surface area contributed by atoms with Gasteiger partial charge in [0, 0.05) is 26.2 Å². The summed E-state index contributed by atoms with van der Waals surface area (Å²) in [5, 5.41) is 4.31. The van der Waals surface area contributed by atoms with Crippen molar-refractivity contribution in [2.45, 2.75) is 11.5 Å². The van der Waals surface area contributed by atoms with Crippen LogP contribution < -0.4 is 11.1 Å². The zero-order valence-corrected chi connectivity index (χ0v) is 19.1. The highest BCUT2D eigenvalue weighted by Crippen LogP contribution is 2.21. The number of nitrogens with zero attached hydrogens (tertiary/aromatic N) is 2. The minimum absolute atomic E-state index is 0.0601. The Balaban J connectivity index is 1.29. The molecule has 1 saturated heterocycles. The molecule has 1 aliphatic rings. The van der Waals surface area contributed by atoms with Gasteiger partial charge in [0.25, 0.3) is 15.9 Å². The van der Waals surface area contributed by atoms with E-state index < -0.39 is 15.9 Å². The number of furan rings is 1. The van der Waals surface area contributed by atoms with Gasteiger partial charge in [-0.15, -0.1) is 0 Å². The predicted molar refractivity (Wildman–Crippen MR) is 123 cm³/mol. The first kappa shape index (κ1) is 23.5. The van der Waals surface area contributed by atoms with Gasteiger partial charge in [0.15, 0.2) is 5.76 Å². The van der Waals surface area contributed by atoms with E-state index in [0.29, 0.717) is 0 Å². The Bertz CT molecular complexity index is 1340. The van der Waals surface area contributed by atoms with E-state index in [1.165, 1.54) is 21.3 Å². The van der Waals surface area contributed by atoms with Crippen LogP contribution in [-0.2, 0) is 26.0 Å². The van der Waals surface area contributed by atoms with Crippen molar-refractivity contribution in [3.63, 3.8) is 0 Å². The van der Waals surface area contributed by atoms with E-state index in [-0.39, 0.29) is 61.8 Å². The molecule has 0 atom stereocenters. The summed E-state index contributed by atoms with van der Waals surface area (Å²) in [4.78, 5) is 37.6. The van der Waals surface area contributed by atoms with Gasteiger partial charge in [-0.25, -0.2) is 8.42 Å². The summed E-state index contributed by atoms with van der Waals surface area (Å²) in [6, 6.07) is 15.9. The van der Waals surface area contributed by atoms with Crippen LogP contribution in [0.3, 0.4) is 0 Å². The summed E-state index contributed by atoms with van der Waals surface area (Å²) >= 11 is 0. The molecule has 0 aliphatic carbocycles. The van der Waals surface area contributed by atoms with Crippen LogP contribution >= 0.6 is 0 Å². The first-order valence-electron chi connectivity index (χ1n) is 10.7. The minimum atomic E-state index is -3.95. The van der Waals surface area contributed by atoms with Crippen molar-refractivity contribution in [3.05, 3.63) is 65.9 Å². The first-order chi connectivity index (χ1) is 16.3. The van der Waals surface area contributed by atoms with Crippen LogP contribution in [0.25, 0.3) is 10.8 Å². The maximum atomic E-state index is 12.7. The molecule has 0 unspecified atom stereocenters. The fraction of sp³-hybridized carbons (Fsp3) is 0.261. The molecule has 11 heteroatoms. The molecule has 10 nitrogen and oxygen atoms in total. The number of nitrogens with two attached hydrogens (primary N) is 1. The van der Waals surface area contributed by atoms with Gasteiger partial charge in [-0.05, 0) is 28.5 Å². The van der Waals surface area contributed by atoms with Gasteiger partial charge in [0.1, 0.15) is 0 Å². The molecule has 34 heavy (non-hydrogen) atoms. The highest BCUT2D eigenvalue weighted by atomic mass is 32.2. The number of rotatable bonds is 7. The second kappa shape index (κ2) is 9.65. The third-order valence-electron chi connectivity index (χ3n) is 5.68. The summed E-state index contributed by atoms with van der Waals surface area (Å²) in [7, 11) is -3.95. The SMILES string of the molecule is NC(=O)c1ccc(S(=O)(=O)N2CCN(C(=O)CNC(=O)Cc3cccc4ccccc34)CC2)o1. The molecule has 4 rings (SSSR count). The van der Waals surface area contributed by atoms with E-state index in [9.17, 15) is 22.8 Å². The molecule has 2 heterocycles. The molecule has 1 aromatic heterocycles. The molecular formula is C23H24N4O6S. The average Bonchev–Trinajstić information content (AvgIpc) is 3.35. The molecule has 3 N–H and O–H groups in total. The van der Waals surface area contributed by atoms with Gasteiger partial charge >= 0.3 is 0 Å². The number of fused-ring (bicyclic) bond motifs is 1. The highest BCUT2D eigenvalue weighted by Gasteiger charge is 2.32. The second-order valence-electron chi connectivity index (χ2n) is 7.86. The maximum absolute atomic E-state index is 12.7. The number of sulfonamides is 1. The molecule has 3 amide bonds. The molecule has 2 aromatic carbocycles. The molecule has 3 aromatic rings. The lowest BCUT2D eigenvalue weighted by molar-refractivity contribution is -0.133. The average molecular weight is 485 g/mol. The summed E-state index contributed by atoms with van der Waals surface area (Å²) in [6.07, 6.45) is 0.150. The van der Waals surface area contributed by atoms with Crippen molar-refractivity contribution >= 4 is 38.5 Å². The van der Waals surface area contributed by atoms with Crippen molar-refractivity contribution in [1.29, 1.82) is 0 Å². The van der Waals surface area contributed by atoms with E-state index in [1.54, 1.807) is 0 Å². The molecular weight excluding hydrogens is 460 g/mol. The Morgan fingerprint density at radius 1 is 0.941 bits per heavy atom. The zero-order chi connectivity index (χ0) is 24.3. The zero-order valence-electron chi connectivity index (χ0n) is 18.3. The van der Waals surface area contributed by atoms with Crippen LogP contribution in [0.15, 0.2) is 64.1 Å². The van der Waals surface area contributed by atoms with Crippen molar-refractivity contribution in [2.75, 3.05) is 32.7 Å². The topological polar surface area (TPSA) is 143 Å². The molecule has 0 radical (unpaired) electrons. The van der Waals surface area contributed by atoms with Crippen molar-refractivity contribution in [3.8, 4) is 0 Å². The van der Waals surface area contributed by atoms with Gasteiger partial charge in [0.05, 0.1) is 13.0 Å². The van der Waals surface area contributed by atoms with Crippen LogP contribution in [0.5, 0.6) is 0 Å². The number of amides is 3. The summed E-state index contributed by atoms with van der Waals surface area (Å²) in [5.74, 6) is -1.67. The van der Waals surface area contributed by atoms with Gasteiger partial charge < -0.3 is 20.4 Å². The van der Waals surface area contributed by atoms with Crippen molar-refractivity contribution in [2.24, 2.45) is 5.73 Å². The number of piperazine rings is 1. The van der Waals surface area contributed by atoms with Crippen molar-refractivity contribution < 1.29 is 27.2 Å². The predicted octanol–water partition coefficient (Wildman–Crippen LogP) is 0.724. The second-order valence-corrected chi connectivity index (χ2v) is 9.73. The normalized spacial score (nSPS) is 14.8. The van der Waals surface area contributed by atoms with Crippen LogP contribution in [0.1, 0.15) is 16.1 Å². The summed E-state index contributed by atoms with van der Waals surface area (Å²) < 4.78 is 31.6. The maximum Gasteiger partial charge on any atom is 0.284 e. The van der Waals surface area contributed by atoms with E-state index >= 15 is 0 Å². The molecule has 0 saturated carbocycles. The summed E-state index contributed by atoms with van der Waals surface area (Å²) in [5.41, 5.74) is 5.98. The first-order valence-corrected chi connectivity index (χ1v) is 12.1. The van der Waals surface area contributed by atoms with Crippen LogP contribution in [-0.4, -0.2) is 68.1 Å². The highest BCUT2D eigenvalue weighted by molar-refractivity contribution is 7.89. The molecule has 0 spiro atoms. The monoisotopic (exact) mass is 484 g/mol. The fourth-order valence-corrected chi connectivity index (χ4v) is 5.20. The van der Waals surface area contributed by atoms with E-state index in [4.69, 9.17) is 10.2 Å². The Hall–Kier alpha value is -3.70. The number of hydrogen-bond acceptors (Lipinski definition) is 6. The van der Waals surface area contributed by atoms with Crippen molar-refractivity contribution in [1.82, 2.24) is 14.5 Å². The number of benzene rings is 2. The number of carbonyl (C=O) groups excluding carboxylic acids is 3. The van der Waals surface area contributed by atoms with Gasteiger partial charge in [-0.1, -0.05) is 42.5 Å². The Morgan fingerprint density at radius 3 is 2.35 bits per heavy atom. The lowest BCUT2D eigenvalue weighted by atomic mass is 10.0. The smallest absolute Gasteiger partial charge is 0.284 e. The Kier molecular flexibility index (Phi) is 6.66. The lowest BCUT2D eigenvalue weighted by Crippen LogP contribution is -2.52. The van der Waals surface area contributed by atoms with E-state index in [1.807, 2.05) is 42.5 Å². The molecule has 0 bridgehead atoms. The van der Waals surface area contributed by atoms with Crippen LogP contribution in [0.2, 0.25) is 0 Å². The number of hydrogen-bond donors (Lipinski definition) is 2. The minimum Gasteiger partial charge on any atom is -0.438 e. The molecule has 1 aliphatic heterocycles.